The first kappa shape index (κ1) is 16.6. The predicted octanol–water partition coefficient (Wildman–Crippen LogP) is 2.63. The first-order valence-electron chi connectivity index (χ1n) is 8.20. The van der Waals surface area contributed by atoms with Crippen molar-refractivity contribution in [2.24, 2.45) is 5.92 Å². The second kappa shape index (κ2) is 8.03. The average molecular weight is 312 g/mol. The lowest BCUT2D eigenvalue weighted by Gasteiger charge is -2.34. The highest BCUT2D eigenvalue weighted by atomic mass is 32.2. The third-order valence-electron chi connectivity index (χ3n) is 4.14. The van der Waals surface area contributed by atoms with E-state index in [1.807, 2.05) is 0 Å². The van der Waals surface area contributed by atoms with E-state index >= 15 is 0 Å². The molecule has 21 heavy (non-hydrogen) atoms. The van der Waals surface area contributed by atoms with Gasteiger partial charge in [0, 0.05) is 17.8 Å². The number of rotatable bonds is 7. The average Bonchev–Trinajstić information content (AvgIpc) is 2.80. The second-order valence-corrected chi connectivity index (χ2v) is 7.30. The normalized spacial score (nSPS) is 26.1. The van der Waals surface area contributed by atoms with Crippen LogP contribution in [-0.4, -0.2) is 32.6 Å². The van der Waals surface area contributed by atoms with Crippen LogP contribution in [-0.2, 0) is 6.54 Å². The fourth-order valence-corrected chi connectivity index (χ4v) is 4.46. The smallest absolute Gasteiger partial charge is 0.313 e. The van der Waals surface area contributed by atoms with E-state index in [0.717, 1.165) is 37.0 Å². The number of hydrogen-bond donors (Lipinski definition) is 2. The fraction of sp³-hybridized carbons (Fsp3) is 0.867. The van der Waals surface area contributed by atoms with Gasteiger partial charge in [0.05, 0.1) is 0 Å². The minimum Gasteiger partial charge on any atom is -0.313 e. The Bertz CT molecular complexity index is 482. The van der Waals surface area contributed by atoms with Gasteiger partial charge in [-0.3, -0.25) is 4.57 Å². The van der Waals surface area contributed by atoms with Crippen LogP contribution in [0.5, 0.6) is 0 Å². The van der Waals surface area contributed by atoms with Crippen LogP contribution in [0, 0.1) is 5.92 Å². The standard InChI is InChI=1S/C15H28N4OS/c1-4-8-16-12-7-6-11(3)10-13(12)21-15-18-17-14(20)19(15)9-5-2/h11-13,16H,4-10H2,1-3H3,(H,17,20). The summed E-state index contributed by atoms with van der Waals surface area (Å²) in [5.41, 5.74) is -0.0822. The molecule has 1 saturated carbocycles. The number of thioether (sulfide) groups is 1. The van der Waals surface area contributed by atoms with Gasteiger partial charge < -0.3 is 5.32 Å². The Kier molecular flexibility index (Phi) is 6.36. The summed E-state index contributed by atoms with van der Waals surface area (Å²) in [6.07, 6.45) is 5.82. The number of nitrogens with zero attached hydrogens (tertiary/aromatic N) is 2. The lowest BCUT2D eigenvalue weighted by molar-refractivity contribution is 0.317. The van der Waals surface area contributed by atoms with E-state index in [2.05, 4.69) is 36.3 Å². The molecule has 120 valence electrons. The Morgan fingerprint density at radius 2 is 2.19 bits per heavy atom. The molecule has 0 radical (unpaired) electrons. The Morgan fingerprint density at radius 3 is 2.90 bits per heavy atom. The zero-order chi connectivity index (χ0) is 15.2. The Balaban J connectivity index is 2.08. The molecule has 3 unspecified atom stereocenters. The Morgan fingerprint density at radius 1 is 1.38 bits per heavy atom. The maximum atomic E-state index is 11.8. The maximum absolute atomic E-state index is 11.8. The number of aromatic nitrogens is 3. The molecule has 3 atom stereocenters. The van der Waals surface area contributed by atoms with E-state index in [1.165, 1.54) is 19.3 Å². The summed E-state index contributed by atoms with van der Waals surface area (Å²) < 4.78 is 1.78. The van der Waals surface area contributed by atoms with Crippen molar-refractivity contribution < 1.29 is 0 Å². The van der Waals surface area contributed by atoms with Gasteiger partial charge in [0.25, 0.3) is 0 Å². The van der Waals surface area contributed by atoms with Crippen LogP contribution in [0.25, 0.3) is 0 Å². The molecule has 1 aliphatic rings. The Labute approximate surface area is 131 Å². The molecule has 2 N–H and O–H groups in total. The summed E-state index contributed by atoms with van der Waals surface area (Å²) in [5.74, 6) is 0.757. The fourth-order valence-electron chi connectivity index (χ4n) is 2.97. The van der Waals surface area contributed by atoms with Gasteiger partial charge in [-0.15, -0.1) is 5.10 Å². The molecule has 0 aromatic carbocycles. The molecule has 0 amide bonds. The zero-order valence-electron chi connectivity index (χ0n) is 13.4. The lowest BCUT2D eigenvalue weighted by atomic mass is 9.87. The van der Waals surface area contributed by atoms with Crippen LogP contribution < -0.4 is 11.0 Å². The Hall–Kier alpha value is -0.750. The van der Waals surface area contributed by atoms with Gasteiger partial charge in [0.1, 0.15) is 0 Å². The molecule has 5 nitrogen and oxygen atoms in total. The number of nitrogens with one attached hydrogen (secondary N) is 2. The molecule has 0 bridgehead atoms. The van der Waals surface area contributed by atoms with E-state index in [9.17, 15) is 4.79 Å². The van der Waals surface area contributed by atoms with Gasteiger partial charge >= 0.3 is 5.69 Å². The van der Waals surface area contributed by atoms with Gasteiger partial charge in [-0.2, -0.15) is 0 Å². The van der Waals surface area contributed by atoms with Crippen LogP contribution in [0.15, 0.2) is 9.95 Å². The van der Waals surface area contributed by atoms with Gasteiger partial charge in [0.15, 0.2) is 5.16 Å². The summed E-state index contributed by atoms with van der Waals surface area (Å²) in [6, 6.07) is 0.535. The number of aromatic amines is 1. The number of hydrogen-bond acceptors (Lipinski definition) is 4. The predicted molar refractivity (Wildman–Crippen MR) is 87.9 cm³/mol. The quantitative estimate of drug-likeness (QED) is 0.812. The van der Waals surface area contributed by atoms with Crippen LogP contribution in [0.2, 0.25) is 0 Å². The molecule has 0 saturated heterocycles. The zero-order valence-corrected chi connectivity index (χ0v) is 14.2. The topological polar surface area (TPSA) is 62.7 Å². The van der Waals surface area contributed by atoms with E-state index in [-0.39, 0.29) is 5.69 Å². The summed E-state index contributed by atoms with van der Waals surface area (Å²) in [4.78, 5) is 11.8. The third-order valence-corrected chi connectivity index (χ3v) is 5.48. The summed E-state index contributed by atoms with van der Waals surface area (Å²) in [7, 11) is 0. The highest BCUT2D eigenvalue weighted by molar-refractivity contribution is 7.99. The first-order chi connectivity index (χ1) is 10.2. The van der Waals surface area contributed by atoms with Gasteiger partial charge in [-0.25, -0.2) is 9.89 Å². The molecule has 0 aliphatic heterocycles. The molecule has 1 aliphatic carbocycles. The second-order valence-electron chi connectivity index (χ2n) is 6.10. The summed E-state index contributed by atoms with van der Waals surface area (Å²) >= 11 is 1.77. The largest absolute Gasteiger partial charge is 0.343 e. The van der Waals surface area contributed by atoms with Crippen molar-refractivity contribution in [2.45, 2.75) is 75.9 Å². The lowest BCUT2D eigenvalue weighted by Crippen LogP contribution is -2.42. The van der Waals surface area contributed by atoms with Crippen molar-refractivity contribution in [3.05, 3.63) is 10.5 Å². The van der Waals surface area contributed by atoms with E-state index < -0.39 is 0 Å². The van der Waals surface area contributed by atoms with Gasteiger partial charge in [-0.05, 0) is 44.6 Å². The molecule has 6 heteroatoms. The van der Waals surface area contributed by atoms with Crippen molar-refractivity contribution >= 4 is 11.8 Å². The molecule has 0 spiro atoms. The van der Waals surface area contributed by atoms with E-state index in [4.69, 9.17) is 0 Å². The molecule has 1 heterocycles. The highest BCUT2D eigenvalue weighted by Crippen LogP contribution is 2.35. The van der Waals surface area contributed by atoms with Crippen molar-refractivity contribution in [3.63, 3.8) is 0 Å². The van der Waals surface area contributed by atoms with Crippen molar-refractivity contribution in [2.75, 3.05) is 6.54 Å². The van der Waals surface area contributed by atoms with E-state index in [1.54, 1.807) is 16.3 Å². The summed E-state index contributed by atoms with van der Waals surface area (Å²) in [6.45, 7) is 8.42. The van der Waals surface area contributed by atoms with Crippen molar-refractivity contribution in [1.29, 1.82) is 0 Å². The third kappa shape index (κ3) is 4.36. The molecule has 1 aromatic rings. The molecular formula is C15H28N4OS. The van der Waals surface area contributed by atoms with Crippen LogP contribution in [0.4, 0.5) is 0 Å². The van der Waals surface area contributed by atoms with Gasteiger partial charge in [0.2, 0.25) is 0 Å². The summed E-state index contributed by atoms with van der Waals surface area (Å²) in [5, 5.41) is 11.9. The molecule has 2 rings (SSSR count). The van der Waals surface area contributed by atoms with Crippen molar-refractivity contribution in [1.82, 2.24) is 20.1 Å². The number of H-pyrrole nitrogens is 1. The molecular weight excluding hydrogens is 284 g/mol. The van der Waals surface area contributed by atoms with Crippen molar-refractivity contribution in [3.8, 4) is 0 Å². The maximum Gasteiger partial charge on any atom is 0.343 e. The molecule has 1 fully saturated rings. The minimum absolute atomic E-state index is 0.0822. The monoisotopic (exact) mass is 312 g/mol. The minimum atomic E-state index is -0.0822. The van der Waals surface area contributed by atoms with E-state index in [0.29, 0.717) is 11.3 Å². The van der Waals surface area contributed by atoms with Crippen LogP contribution in [0.3, 0.4) is 0 Å². The molecule has 1 aromatic heterocycles. The van der Waals surface area contributed by atoms with Crippen LogP contribution in [0.1, 0.15) is 52.9 Å². The highest BCUT2D eigenvalue weighted by Gasteiger charge is 2.30. The van der Waals surface area contributed by atoms with Crippen LogP contribution >= 0.6 is 11.8 Å². The SMILES string of the molecule is CCCNC1CCC(C)CC1Sc1n[nH]c(=O)n1CCC. The van der Waals surface area contributed by atoms with Gasteiger partial charge in [-0.1, -0.05) is 32.5 Å². The first-order valence-corrected chi connectivity index (χ1v) is 9.08.